The van der Waals surface area contributed by atoms with Crippen molar-refractivity contribution in [3.05, 3.63) is 53.6 Å². The van der Waals surface area contributed by atoms with Crippen LogP contribution in [0.1, 0.15) is 28.8 Å². The fraction of sp³-hybridized carbons (Fsp3) is 0.263. The molecule has 0 radical (unpaired) electrons. The summed E-state index contributed by atoms with van der Waals surface area (Å²) in [5.41, 5.74) is 3.41. The topological polar surface area (TPSA) is 64.6 Å². The Morgan fingerprint density at radius 3 is 2.25 bits per heavy atom. The minimum Gasteiger partial charge on any atom is -0.496 e. The van der Waals surface area contributed by atoms with Crippen LogP contribution < -0.4 is 10.1 Å². The molecule has 0 aliphatic rings. The van der Waals surface area contributed by atoms with Crippen LogP contribution in [0.15, 0.2) is 42.5 Å². The predicted octanol–water partition coefficient (Wildman–Crippen LogP) is 3.88. The van der Waals surface area contributed by atoms with Gasteiger partial charge < -0.3 is 14.8 Å². The second kappa shape index (κ2) is 8.15. The van der Waals surface area contributed by atoms with Gasteiger partial charge in [0.2, 0.25) is 0 Å². The number of rotatable bonds is 7. The molecule has 5 nitrogen and oxygen atoms in total. The van der Waals surface area contributed by atoms with Gasteiger partial charge in [-0.25, -0.2) is 0 Å². The second-order valence-electron chi connectivity index (χ2n) is 5.41. The number of benzene rings is 2. The Kier molecular flexibility index (Phi) is 5.95. The van der Waals surface area contributed by atoms with Crippen molar-refractivity contribution in [2.45, 2.75) is 19.8 Å². The molecule has 0 aliphatic heterocycles. The van der Waals surface area contributed by atoms with Gasteiger partial charge in [-0.05, 0) is 31.2 Å². The van der Waals surface area contributed by atoms with Crippen LogP contribution in [0, 0.1) is 6.92 Å². The van der Waals surface area contributed by atoms with Gasteiger partial charge in [-0.3, -0.25) is 9.59 Å². The molecule has 126 valence electrons. The highest BCUT2D eigenvalue weighted by atomic mass is 16.5. The number of nitrogens with one attached hydrogen (secondary N) is 1. The maximum Gasteiger partial charge on any atom is 0.305 e. The van der Waals surface area contributed by atoms with E-state index in [1.165, 1.54) is 19.8 Å². The molecule has 0 aliphatic carbocycles. The van der Waals surface area contributed by atoms with Gasteiger partial charge in [0.1, 0.15) is 5.75 Å². The average Bonchev–Trinajstić information content (AvgIpc) is 2.61. The molecule has 0 atom stereocenters. The molecule has 5 heteroatoms. The molecule has 0 fully saturated rings. The lowest BCUT2D eigenvalue weighted by molar-refractivity contribution is -0.140. The highest BCUT2D eigenvalue weighted by Crippen LogP contribution is 2.27. The Hall–Kier alpha value is -2.82. The molecule has 0 saturated carbocycles. The number of ether oxygens (including phenoxy) is 2. The molecule has 24 heavy (non-hydrogen) atoms. The Morgan fingerprint density at radius 2 is 1.62 bits per heavy atom. The zero-order valence-corrected chi connectivity index (χ0v) is 14.1. The highest BCUT2D eigenvalue weighted by Gasteiger charge is 2.15. The molecule has 0 saturated heterocycles. The molecule has 0 heterocycles. The zero-order chi connectivity index (χ0) is 17.5. The van der Waals surface area contributed by atoms with Gasteiger partial charge >= 0.3 is 5.97 Å². The molecule has 2 aromatic rings. The Balaban J connectivity index is 2.13. The van der Waals surface area contributed by atoms with E-state index >= 15 is 0 Å². The summed E-state index contributed by atoms with van der Waals surface area (Å²) in [5.74, 6) is -0.0823. The lowest BCUT2D eigenvalue weighted by atomic mass is 10.0. The minimum absolute atomic E-state index is 0.0574. The number of Topliss-reactive ketones (excluding diaryl/α,β-unsaturated/α-hetero) is 1. The van der Waals surface area contributed by atoms with Crippen molar-refractivity contribution in [3.8, 4) is 5.75 Å². The number of esters is 1. The molecular formula is C19H21NO4. The SMILES string of the molecule is COC(=O)CCC(=O)c1ccc(Nc2ccc(C)cc2)cc1OC. The van der Waals surface area contributed by atoms with E-state index in [4.69, 9.17) is 4.74 Å². The van der Waals surface area contributed by atoms with Crippen molar-refractivity contribution < 1.29 is 19.1 Å². The number of carbonyl (C=O) groups is 2. The second-order valence-corrected chi connectivity index (χ2v) is 5.41. The highest BCUT2D eigenvalue weighted by molar-refractivity contribution is 6.00. The van der Waals surface area contributed by atoms with Crippen molar-refractivity contribution in [2.75, 3.05) is 19.5 Å². The lowest BCUT2D eigenvalue weighted by Crippen LogP contribution is -2.07. The van der Waals surface area contributed by atoms with E-state index in [9.17, 15) is 9.59 Å². The van der Waals surface area contributed by atoms with Gasteiger partial charge in [-0.15, -0.1) is 0 Å². The molecule has 2 rings (SSSR count). The van der Waals surface area contributed by atoms with Crippen molar-refractivity contribution in [2.24, 2.45) is 0 Å². The number of anilines is 2. The molecule has 0 bridgehead atoms. The first-order chi connectivity index (χ1) is 11.5. The van der Waals surface area contributed by atoms with Crippen LogP contribution >= 0.6 is 0 Å². The van der Waals surface area contributed by atoms with Crippen LogP contribution in [0.5, 0.6) is 5.75 Å². The smallest absolute Gasteiger partial charge is 0.305 e. The third-order valence-electron chi connectivity index (χ3n) is 3.63. The van der Waals surface area contributed by atoms with E-state index < -0.39 is 5.97 Å². The van der Waals surface area contributed by atoms with Crippen LogP contribution in [0.2, 0.25) is 0 Å². The van der Waals surface area contributed by atoms with Crippen molar-refractivity contribution in [1.29, 1.82) is 0 Å². The summed E-state index contributed by atoms with van der Waals surface area (Å²) >= 11 is 0. The first-order valence-electron chi connectivity index (χ1n) is 7.65. The standard InChI is InChI=1S/C19H21NO4/c1-13-4-6-14(7-5-13)20-15-8-9-16(18(12-15)23-2)17(21)10-11-19(22)24-3/h4-9,12,20H,10-11H2,1-3H3. The third-order valence-corrected chi connectivity index (χ3v) is 3.63. The monoisotopic (exact) mass is 327 g/mol. The molecule has 0 aromatic heterocycles. The Morgan fingerprint density at radius 1 is 0.958 bits per heavy atom. The van der Waals surface area contributed by atoms with Crippen molar-refractivity contribution in [3.63, 3.8) is 0 Å². The molecule has 2 aromatic carbocycles. The Labute approximate surface area is 141 Å². The van der Waals surface area contributed by atoms with E-state index in [0.717, 1.165) is 11.4 Å². The first kappa shape index (κ1) is 17.5. The summed E-state index contributed by atoms with van der Waals surface area (Å²) in [5, 5.41) is 3.27. The zero-order valence-electron chi connectivity index (χ0n) is 14.1. The van der Waals surface area contributed by atoms with Crippen LogP contribution in [0.25, 0.3) is 0 Å². The predicted molar refractivity (Wildman–Crippen MR) is 93.0 cm³/mol. The van der Waals surface area contributed by atoms with E-state index in [-0.39, 0.29) is 18.6 Å². The normalized spacial score (nSPS) is 10.1. The molecule has 0 amide bonds. The van der Waals surface area contributed by atoms with E-state index in [1.807, 2.05) is 37.3 Å². The summed E-state index contributed by atoms with van der Waals surface area (Å²) in [6.45, 7) is 2.03. The molecular weight excluding hydrogens is 306 g/mol. The molecule has 0 spiro atoms. The number of carbonyl (C=O) groups excluding carboxylic acids is 2. The van der Waals surface area contributed by atoms with Crippen LogP contribution in [0.3, 0.4) is 0 Å². The van der Waals surface area contributed by atoms with Crippen LogP contribution in [0.4, 0.5) is 11.4 Å². The van der Waals surface area contributed by atoms with Crippen LogP contribution in [-0.4, -0.2) is 26.0 Å². The van der Waals surface area contributed by atoms with Gasteiger partial charge in [-0.1, -0.05) is 17.7 Å². The molecule has 1 N–H and O–H groups in total. The largest absolute Gasteiger partial charge is 0.496 e. The lowest BCUT2D eigenvalue weighted by Gasteiger charge is -2.12. The maximum atomic E-state index is 12.2. The van der Waals surface area contributed by atoms with E-state index in [0.29, 0.717) is 11.3 Å². The minimum atomic E-state index is -0.403. The quantitative estimate of drug-likeness (QED) is 0.617. The summed E-state index contributed by atoms with van der Waals surface area (Å²) in [6, 6.07) is 13.3. The maximum absolute atomic E-state index is 12.2. The van der Waals surface area contributed by atoms with Crippen molar-refractivity contribution in [1.82, 2.24) is 0 Å². The van der Waals surface area contributed by atoms with E-state index in [1.54, 1.807) is 12.1 Å². The van der Waals surface area contributed by atoms with Crippen molar-refractivity contribution >= 4 is 23.1 Å². The van der Waals surface area contributed by atoms with Gasteiger partial charge in [-0.2, -0.15) is 0 Å². The Bertz CT molecular complexity index is 723. The number of hydrogen-bond acceptors (Lipinski definition) is 5. The van der Waals surface area contributed by atoms with Gasteiger partial charge in [0.15, 0.2) is 5.78 Å². The summed E-state index contributed by atoms with van der Waals surface area (Å²) in [4.78, 5) is 23.4. The van der Waals surface area contributed by atoms with Gasteiger partial charge in [0.05, 0.1) is 26.2 Å². The number of methoxy groups -OCH3 is 2. The van der Waals surface area contributed by atoms with E-state index in [2.05, 4.69) is 10.1 Å². The fourth-order valence-electron chi connectivity index (χ4n) is 2.26. The van der Waals surface area contributed by atoms with Gasteiger partial charge in [0, 0.05) is 23.9 Å². The summed E-state index contributed by atoms with van der Waals surface area (Å²) in [6.07, 6.45) is 0.148. The number of ketones is 1. The molecule has 0 unspecified atom stereocenters. The summed E-state index contributed by atoms with van der Waals surface area (Å²) in [7, 11) is 2.82. The fourth-order valence-corrected chi connectivity index (χ4v) is 2.26. The van der Waals surface area contributed by atoms with Gasteiger partial charge in [0.25, 0.3) is 0 Å². The first-order valence-corrected chi connectivity index (χ1v) is 7.65. The number of aryl methyl sites for hydroxylation is 1. The average molecular weight is 327 g/mol. The number of hydrogen-bond donors (Lipinski definition) is 1. The van der Waals surface area contributed by atoms with Crippen LogP contribution in [-0.2, 0) is 9.53 Å². The summed E-state index contributed by atoms with van der Waals surface area (Å²) < 4.78 is 9.87. The third kappa shape index (κ3) is 4.59.